The van der Waals surface area contributed by atoms with Crippen molar-refractivity contribution in [1.29, 1.82) is 5.26 Å². The molecule has 4 nitrogen and oxygen atoms in total. The van der Waals surface area contributed by atoms with Gasteiger partial charge in [-0.1, -0.05) is 12.1 Å². The lowest BCUT2D eigenvalue weighted by Gasteiger charge is -2.06. The monoisotopic (exact) mass is 269 g/mol. The van der Waals surface area contributed by atoms with Crippen LogP contribution in [-0.4, -0.2) is 5.91 Å². The Balaban J connectivity index is 2.11. The minimum Gasteiger partial charge on any atom is -0.396 e. The molecular weight excluding hydrogens is 257 g/mol. The molecule has 2 aromatic carbocycles. The maximum Gasteiger partial charge on any atom is 0.255 e. The smallest absolute Gasteiger partial charge is 0.255 e. The third kappa shape index (κ3) is 3.12. The van der Waals surface area contributed by atoms with Crippen LogP contribution >= 0.6 is 0 Å². The van der Waals surface area contributed by atoms with E-state index in [0.29, 0.717) is 12.1 Å². The third-order valence-electron chi connectivity index (χ3n) is 2.75. The van der Waals surface area contributed by atoms with E-state index in [-0.39, 0.29) is 17.2 Å². The average Bonchev–Trinajstić information content (AvgIpc) is 2.44. The molecule has 1 amide bonds. The molecule has 3 N–H and O–H groups in total. The first-order valence-corrected chi connectivity index (χ1v) is 5.92. The van der Waals surface area contributed by atoms with Crippen molar-refractivity contribution in [3.05, 3.63) is 59.4 Å². The van der Waals surface area contributed by atoms with Crippen LogP contribution in [0.5, 0.6) is 0 Å². The van der Waals surface area contributed by atoms with Gasteiger partial charge >= 0.3 is 0 Å². The van der Waals surface area contributed by atoms with Gasteiger partial charge in [-0.3, -0.25) is 4.79 Å². The highest BCUT2D eigenvalue weighted by Gasteiger charge is 2.08. The first kappa shape index (κ1) is 13.6. The largest absolute Gasteiger partial charge is 0.396 e. The number of nitrogens with two attached hydrogens (primary N) is 1. The number of carbonyl (C=O) groups excluding carboxylic acids is 1. The lowest BCUT2D eigenvalue weighted by Crippen LogP contribution is -2.12. The standard InChI is InChI=1S/C15H12FN3O/c16-13-6-3-11(9-14(13)18)15(20)19-12-4-1-10(2-5-12)7-8-17/h1-6,9H,7,18H2,(H,19,20). The van der Waals surface area contributed by atoms with E-state index in [1.807, 2.05) is 6.07 Å². The van der Waals surface area contributed by atoms with Gasteiger partial charge in [0, 0.05) is 11.3 Å². The van der Waals surface area contributed by atoms with Crippen LogP contribution in [0.4, 0.5) is 15.8 Å². The van der Waals surface area contributed by atoms with E-state index in [4.69, 9.17) is 11.0 Å². The summed E-state index contributed by atoms with van der Waals surface area (Å²) in [5.74, 6) is -0.924. The van der Waals surface area contributed by atoms with E-state index in [9.17, 15) is 9.18 Å². The molecule has 0 bridgehead atoms. The number of nitrogen functional groups attached to an aromatic ring is 1. The Kier molecular flexibility index (Phi) is 3.96. The lowest BCUT2D eigenvalue weighted by molar-refractivity contribution is 0.102. The molecule has 0 radical (unpaired) electrons. The highest BCUT2D eigenvalue weighted by molar-refractivity contribution is 6.04. The molecule has 0 atom stereocenters. The number of benzene rings is 2. The zero-order valence-corrected chi connectivity index (χ0v) is 10.6. The van der Waals surface area contributed by atoms with Gasteiger partial charge in [0.05, 0.1) is 18.2 Å². The fourth-order valence-electron chi connectivity index (χ4n) is 1.69. The van der Waals surface area contributed by atoms with Crippen LogP contribution in [-0.2, 0) is 6.42 Å². The Hall–Kier alpha value is -2.87. The number of hydrogen-bond donors (Lipinski definition) is 2. The summed E-state index contributed by atoms with van der Waals surface area (Å²) >= 11 is 0. The van der Waals surface area contributed by atoms with E-state index in [2.05, 4.69) is 5.32 Å². The van der Waals surface area contributed by atoms with Gasteiger partial charge < -0.3 is 11.1 Å². The Morgan fingerprint density at radius 2 is 1.95 bits per heavy atom. The molecule has 0 heterocycles. The van der Waals surface area contributed by atoms with Crippen molar-refractivity contribution < 1.29 is 9.18 Å². The summed E-state index contributed by atoms with van der Waals surface area (Å²) in [5, 5.41) is 11.2. The minimum absolute atomic E-state index is 0.0676. The Morgan fingerprint density at radius 1 is 1.25 bits per heavy atom. The molecule has 0 saturated carbocycles. The molecule has 2 rings (SSSR count). The summed E-state index contributed by atoms with van der Waals surface area (Å²) in [5.41, 5.74) is 7.10. The number of rotatable bonds is 3. The molecule has 5 heteroatoms. The molecule has 20 heavy (non-hydrogen) atoms. The third-order valence-corrected chi connectivity index (χ3v) is 2.75. The predicted octanol–water partition coefficient (Wildman–Crippen LogP) is 2.73. The minimum atomic E-state index is -0.553. The van der Waals surface area contributed by atoms with Gasteiger partial charge in [0.15, 0.2) is 0 Å². The highest BCUT2D eigenvalue weighted by Crippen LogP contribution is 2.15. The van der Waals surface area contributed by atoms with Crippen molar-refractivity contribution >= 4 is 17.3 Å². The van der Waals surface area contributed by atoms with Crippen LogP contribution in [0.25, 0.3) is 0 Å². The van der Waals surface area contributed by atoms with Crippen LogP contribution in [0.3, 0.4) is 0 Å². The molecule has 2 aromatic rings. The molecule has 0 unspecified atom stereocenters. The number of carbonyl (C=O) groups is 1. The normalized spacial score (nSPS) is 9.80. The van der Waals surface area contributed by atoms with E-state index in [0.717, 1.165) is 11.6 Å². The molecular formula is C15H12FN3O. The van der Waals surface area contributed by atoms with Gasteiger partial charge in [-0.2, -0.15) is 5.26 Å². The van der Waals surface area contributed by atoms with Crippen LogP contribution in [0, 0.1) is 17.1 Å². The topological polar surface area (TPSA) is 78.9 Å². The zero-order valence-electron chi connectivity index (χ0n) is 10.6. The summed E-state index contributed by atoms with van der Waals surface area (Å²) in [6.45, 7) is 0. The van der Waals surface area contributed by atoms with Gasteiger partial charge in [0.1, 0.15) is 5.82 Å². The van der Waals surface area contributed by atoms with Crippen molar-refractivity contribution in [1.82, 2.24) is 0 Å². The maximum absolute atomic E-state index is 13.0. The number of amides is 1. The van der Waals surface area contributed by atoms with Crippen LogP contribution in [0.15, 0.2) is 42.5 Å². The first-order chi connectivity index (χ1) is 9.60. The van der Waals surface area contributed by atoms with E-state index in [1.54, 1.807) is 24.3 Å². The number of hydrogen-bond acceptors (Lipinski definition) is 3. The maximum atomic E-state index is 13.0. The molecule has 0 fully saturated rings. The van der Waals surface area contributed by atoms with Gasteiger partial charge in [0.2, 0.25) is 0 Å². The van der Waals surface area contributed by atoms with Crippen molar-refractivity contribution in [3.63, 3.8) is 0 Å². The summed E-state index contributed by atoms with van der Waals surface area (Å²) in [4.78, 5) is 11.9. The van der Waals surface area contributed by atoms with Gasteiger partial charge in [-0.25, -0.2) is 4.39 Å². The second-order valence-corrected chi connectivity index (χ2v) is 4.22. The second-order valence-electron chi connectivity index (χ2n) is 4.22. The summed E-state index contributed by atoms with van der Waals surface area (Å²) in [6, 6.07) is 12.8. The summed E-state index contributed by atoms with van der Waals surface area (Å²) < 4.78 is 13.0. The van der Waals surface area contributed by atoms with Crippen molar-refractivity contribution in [2.24, 2.45) is 0 Å². The number of nitrogens with one attached hydrogen (secondary N) is 1. The van der Waals surface area contributed by atoms with Crippen LogP contribution in [0.1, 0.15) is 15.9 Å². The Bertz CT molecular complexity index is 675. The predicted molar refractivity (Wildman–Crippen MR) is 74.5 cm³/mol. The quantitative estimate of drug-likeness (QED) is 0.841. The number of nitrogens with zero attached hydrogens (tertiary/aromatic N) is 1. The zero-order chi connectivity index (χ0) is 14.5. The van der Waals surface area contributed by atoms with Gasteiger partial charge in [-0.05, 0) is 35.9 Å². The van der Waals surface area contributed by atoms with E-state index >= 15 is 0 Å². The highest BCUT2D eigenvalue weighted by atomic mass is 19.1. The fourth-order valence-corrected chi connectivity index (χ4v) is 1.69. The molecule has 0 aliphatic heterocycles. The van der Waals surface area contributed by atoms with Crippen molar-refractivity contribution in [2.45, 2.75) is 6.42 Å². The molecule has 0 aliphatic rings. The van der Waals surface area contributed by atoms with Gasteiger partial charge in [-0.15, -0.1) is 0 Å². The van der Waals surface area contributed by atoms with Crippen LogP contribution in [0.2, 0.25) is 0 Å². The van der Waals surface area contributed by atoms with Crippen LogP contribution < -0.4 is 11.1 Å². The molecule has 0 aliphatic carbocycles. The lowest BCUT2D eigenvalue weighted by atomic mass is 10.1. The fraction of sp³-hybridized carbons (Fsp3) is 0.0667. The molecule has 100 valence electrons. The molecule has 0 saturated heterocycles. The van der Waals surface area contributed by atoms with Crippen molar-refractivity contribution in [2.75, 3.05) is 11.1 Å². The number of halogens is 1. The Morgan fingerprint density at radius 3 is 2.55 bits per heavy atom. The first-order valence-electron chi connectivity index (χ1n) is 5.92. The van der Waals surface area contributed by atoms with E-state index in [1.165, 1.54) is 12.1 Å². The molecule has 0 aromatic heterocycles. The SMILES string of the molecule is N#CCc1ccc(NC(=O)c2ccc(F)c(N)c2)cc1. The summed E-state index contributed by atoms with van der Waals surface area (Å²) in [6.07, 6.45) is 0.322. The van der Waals surface area contributed by atoms with Gasteiger partial charge in [0.25, 0.3) is 5.91 Å². The Labute approximate surface area is 115 Å². The second kappa shape index (κ2) is 5.85. The molecule has 0 spiro atoms. The number of nitriles is 1. The van der Waals surface area contributed by atoms with Crippen molar-refractivity contribution in [3.8, 4) is 6.07 Å². The average molecular weight is 269 g/mol. The van der Waals surface area contributed by atoms with E-state index < -0.39 is 5.82 Å². The summed E-state index contributed by atoms with van der Waals surface area (Å²) in [7, 11) is 0. The number of anilines is 2.